The lowest BCUT2D eigenvalue weighted by molar-refractivity contribution is 0.415. The van der Waals surface area contributed by atoms with Crippen LogP contribution in [-0.2, 0) is 0 Å². The number of ether oxygens (including phenoxy) is 1. The number of benzene rings is 3. The molecule has 0 saturated carbocycles. The van der Waals surface area contributed by atoms with Crippen molar-refractivity contribution in [3.05, 3.63) is 89.5 Å². The Hall–Kier alpha value is -3.42. The molecule has 4 aromatic rings. The lowest BCUT2D eigenvalue weighted by Crippen LogP contribution is -1.81. The average molecular weight is 368 g/mol. The van der Waals surface area contributed by atoms with Crippen LogP contribution < -0.4 is 4.74 Å². The second-order valence-corrected chi connectivity index (χ2v) is 6.84. The number of hydrogen-bond donors (Lipinski definition) is 0. The molecule has 0 unspecified atom stereocenters. The third kappa shape index (κ3) is 4.22. The largest absolute Gasteiger partial charge is 0.497 e. The SMILES string of the molecule is COc1ccc2nc(/N=C/c3ccc(C#Cc4ccccc4)cc3)sc2c1. The highest BCUT2D eigenvalue weighted by atomic mass is 32.1. The molecule has 3 aromatic carbocycles. The Morgan fingerprint density at radius 1 is 0.926 bits per heavy atom. The highest BCUT2D eigenvalue weighted by Gasteiger charge is 2.03. The highest BCUT2D eigenvalue weighted by molar-refractivity contribution is 7.22. The first-order valence-electron chi connectivity index (χ1n) is 8.46. The van der Waals surface area contributed by atoms with Crippen molar-refractivity contribution in [2.75, 3.05) is 7.11 Å². The van der Waals surface area contributed by atoms with Crippen LogP contribution in [0.2, 0.25) is 0 Å². The fourth-order valence-electron chi connectivity index (χ4n) is 2.52. The molecule has 130 valence electrons. The Morgan fingerprint density at radius 2 is 1.67 bits per heavy atom. The van der Waals surface area contributed by atoms with Crippen LogP contribution in [-0.4, -0.2) is 18.3 Å². The summed E-state index contributed by atoms with van der Waals surface area (Å²) in [5, 5.41) is 0.728. The van der Waals surface area contributed by atoms with E-state index >= 15 is 0 Å². The maximum Gasteiger partial charge on any atom is 0.210 e. The molecule has 0 aliphatic rings. The van der Waals surface area contributed by atoms with Gasteiger partial charge in [-0.15, -0.1) is 0 Å². The average Bonchev–Trinajstić information content (AvgIpc) is 3.14. The maximum atomic E-state index is 5.25. The summed E-state index contributed by atoms with van der Waals surface area (Å²) in [5.74, 6) is 7.16. The van der Waals surface area contributed by atoms with Crippen LogP contribution in [0.3, 0.4) is 0 Å². The van der Waals surface area contributed by atoms with Crippen LogP contribution in [0, 0.1) is 11.8 Å². The van der Waals surface area contributed by atoms with Gasteiger partial charge in [-0.25, -0.2) is 9.98 Å². The zero-order chi connectivity index (χ0) is 18.5. The van der Waals surface area contributed by atoms with Gasteiger partial charge >= 0.3 is 0 Å². The monoisotopic (exact) mass is 368 g/mol. The van der Waals surface area contributed by atoms with E-state index in [1.807, 2.05) is 79.0 Å². The summed E-state index contributed by atoms with van der Waals surface area (Å²) in [5.41, 5.74) is 3.93. The number of methoxy groups -OCH3 is 1. The van der Waals surface area contributed by atoms with Crippen LogP contribution in [0.15, 0.2) is 77.8 Å². The topological polar surface area (TPSA) is 34.5 Å². The molecule has 0 bridgehead atoms. The molecule has 0 aliphatic heterocycles. The molecule has 27 heavy (non-hydrogen) atoms. The summed E-state index contributed by atoms with van der Waals surface area (Å²) in [7, 11) is 1.66. The number of nitrogens with zero attached hydrogens (tertiary/aromatic N) is 2. The predicted octanol–water partition coefficient (Wildman–Crippen LogP) is 5.46. The quantitative estimate of drug-likeness (QED) is 0.356. The van der Waals surface area contributed by atoms with Gasteiger partial charge in [0.05, 0.1) is 17.3 Å². The lowest BCUT2D eigenvalue weighted by Gasteiger charge is -1.96. The number of thiazole rings is 1. The molecular weight excluding hydrogens is 352 g/mol. The van der Waals surface area contributed by atoms with E-state index in [-0.39, 0.29) is 0 Å². The zero-order valence-electron chi connectivity index (χ0n) is 14.7. The Balaban J connectivity index is 1.49. The summed E-state index contributed by atoms with van der Waals surface area (Å²) in [6, 6.07) is 23.8. The Labute approximate surface area is 162 Å². The van der Waals surface area contributed by atoms with Crippen LogP contribution in [0.1, 0.15) is 16.7 Å². The lowest BCUT2D eigenvalue weighted by atomic mass is 10.1. The van der Waals surface area contributed by atoms with Gasteiger partial charge in [-0.05, 0) is 48.0 Å². The summed E-state index contributed by atoms with van der Waals surface area (Å²) in [6.07, 6.45) is 1.82. The van der Waals surface area contributed by atoms with Gasteiger partial charge in [0.15, 0.2) is 0 Å². The third-order valence-electron chi connectivity index (χ3n) is 3.94. The molecule has 0 radical (unpaired) electrons. The van der Waals surface area contributed by atoms with Crippen LogP contribution in [0.25, 0.3) is 10.2 Å². The summed E-state index contributed by atoms with van der Waals surface area (Å²) < 4.78 is 6.31. The van der Waals surface area contributed by atoms with Gasteiger partial charge in [-0.2, -0.15) is 0 Å². The van der Waals surface area contributed by atoms with Gasteiger partial charge in [-0.3, -0.25) is 0 Å². The van der Waals surface area contributed by atoms with E-state index in [0.29, 0.717) is 0 Å². The van der Waals surface area contributed by atoms with Crippen molar-refractivity contribution in [2.45, 2.75) is 0 Å². The van der Waals surface area contributed by atoms with Crippen molar-refractivity contribution in [1.29, 1.82) is 0 Å². The smallest absolute Gasteiger partial charge is 0.210 e. The van der Waals surface area contributed by atoms with Crippen LogP contribution in [0.4, 0.5) is 5.13 Å². The van der Waals surface area contributed by atoms with Gasteiger partial charge in [-0.1, -0.05) is 53.5 Å². The standard InChI is InChI=1S/C23H16N2OS/c1-26-20-13-14-21-22(15-20)27-23(25-21)24-16-19-11-9-18(10-12-19)8-7-17-5-3-2-4-6-17/h2-6,9-16H,1H3/b24-16+. The van der Waals surface area contributed by atoms with Gasteiger partial charge in [0.1, 0.15) is 5.75 Å². The van der Waals surface area contributed by atoms with E-state index in [1.54, 1.807) is 18.4 Å². The Kier molecular flexibility index (Phi) is 4.95. The highest BCUT2D eigenvalue weighted by Crippen LogP contribution is 2.30. The van der Waals surface area contributed by atoms with E-state index < -0.39 is 0 Å². The molecule has 3 nitrogen and oxygen atoms in total. The normalized spacial score (nSPS) is 10.7. The molecule has 0 aliphatic carbocycles. The Bertz CT molecular complexity index is 1150. The molecule has 0 saturated heterocycles. The van der Waals surface area contributed by atoms with Crippen molar-refractivity contribution in [3.63, 3.8) is 0 Å². The first kappa shape index (κ1) is 17.0. The molecule has 4 heteroatoms. The second kappa shape index (κ2) is 7.86. The fourth-order valence-corrected chi connectivity index (χ4v) is 3.36. The number of hydrogen-bond acceptors (Lipinski definition) is 4. The first-order chi connectivity index (χ1) is 13.3. The summed E-state index contributed by atoms with van der Waals surface area (Å²) >= 11 is 1.54. The molecule has 0 N–H and O–H groups in total. The van der Waals surface area contributed by atoms with Crippen molar-refractivity contribution < 1.29 is 4.74 Å². The van der Waals surface area contributed by atoms with Gasteiger partial charge in [0.25, 0.3) is 0 Å². The molecule has 0 atom stereocenters. The van der Waals surface area contributed by atoms with Crippen LogP contribution in [0.5, 0.6) is 5.75 Å². The van der Waals surface area contributed by atoms with Crippen LogP contribution >= 0.6 is 11.3 Å². The van der Waals surface area contributed by atoms with Crippen molar-refractivity contribution >= 4 is 32.9 Å². The predicted molar refractivity (Wildman–Crippen MR) is 112 cm³/mol. The molecule has 4 rings (SSSR count). The van der Waals surface area contributed by atoms with E-state index in [4.69, 9.17) is 4.74 Å². The van der Waals surface area contributed by atoms with E-state index in [0.717, 1.165) is 37.8 Å². The molecular formula is C23H16N2OS. The summed E-state index contributed by atoms with van der Waals surface area (Å²) in [6.45, 7) is 0. The Morgan fingerprint density at radius 3 is 2.41 bits per heavy atom. The molecule has 0 fully saturated rings. The van der Waals surface area contributed by atoms with Gasteiger partial charge < -0.3 is 4.74 Å². The third-order valence-corrected chi connectivity index (χ3v) is 4.87. The van der Waals surface area contributed by atoms with E-state index in [1.165, 1.54) is 0 Å². The van der Waals surface area contributed by atoms with Gasteiger partial charge in [0, 0.05) is 17.3 Å². The van der Waals surface area contributed by atoms with Crippen molar-refractivity contribution in [2.24, 2.45) is 4.99 Å². The molecule has 0 amide bonds. The van der Waals surface area contributed by atoms with Crippen molar-refractivity contribution in [3.8, 4) is 17.6 Å². The first-order valence-corrected chi connectivity index (χ1v) is 9.27. The van der Waals surface area contributed by atoms with Gasteiger partial charge in [0.2, 0.25) is 5.13 Å². The maximum absolute atomic E-state index is 5.25. The fraction of sp³-hybridized carbons (Fsp3) is 0.0435. The molecule has 1 aromatic heterocycles. The van der Waals surface area contributed by atoms with Crippen molar-refractivity contribution in [1.82, 2.24) is 4.98 Å². The van der Waals surface area contributed by atoms with E-state index in [2.05, 4.69) is 21.8 Å². The molecule has 0 spiro atoms. The minimum atomic E-state index is 0.728. The van der Waals surface area contributed by atoms with E-state index in [9.17, 15) is 0 Å². The zero-order valence-corrected chi connectivity index (χ0v) is 15.5. The minimum absolute atomic E-state index is 0.728. The number of fused-ring (bicyclic) bond motifs is 1. The number of rotatable bonds is 3. The molecule has 1 heterocycles. The minimum Gasteiger partial charge on any atom is -0.497 e. The number of aliphatic imine (C=N–C) groups is 1. The summed E-state index contributed by atoms with van der Waals surface area (Å²) in [4.78, 5) is 9.02. The second-order valence-electron chi connectivity index (χ2n) is 5.83. The number of aromatic nitrogens is 1.